The zero-order valence-electron chi connectivity index (χ0n) is 12.1. The Kier molecular flexibility index (Phi) is 5.89. The quantitative estimate of drug-likeness (QED) is 0.574. The number of esters is 1. The smallest absolute Gasteiger partial charge is 0.334 e. The molecule has 0 radical (unpaired) electrons. The molecule has 100 valence electrons. The van der Waals surface area contributed by atoms with Crippen molar-refractivity contribution in [2.75, 3.05) is 13.2 Å². The van der Waals surface area contributed by atoms with Crippen LogP contribution in [0.5, 0.6) is 0 Å². The molecule has 0 aliphatic heterocycles. The molecule has 3 nitrogen and oxygen atoms in total. The first-order valence-corrected chi connectivity index (χ1v) is 6.17. The number of rotatable bonds is 6. The van der Waals surface area contributed by atoms with Gasteiger partial charge in [0.15, 0.2) is 0 Å². The lowest BCUT2D eigenvalue weighted by Gasteiger charge is -2.33. The van der Waals surface area contributed by atoms with E-state index in [0.717, 1.165) is 6.42 Å². The van der Waals surface area contributed by atoms with E-state index in [1.165, 1.54) is 0 Å². The number of carbonyl (C=O) groups excluding carboxylic acids is 1. The summed E-state index contributed by atoms with van der Waals surface area (Å²) >= 11 is 0. The fourth-order valence-electron chi connectivity index (χ4n) is 2.04. The Morgan fingerprint density at radius 2 is 1.76 bits per heavy atom. The zero-order valence-corrected chi connectivity index (χ0v) is 12.1. The molecule has 0 bridgehead atoms. The third-order valence-electron chi connectivity index (χ3n) is 2.32. The Balaban J connectivity index is 4.18. The normalized spacial score (nSPS) is 12.4. The molecule has 17 heavy (non-hydrogen) atoms. The molecular formula is C14H27NO2. The maximum Gasteiger partial charge on any atom is 0.334 e. The summed E-state index contributed by atoms with van der Waals surface area (Å²) in [5.74, 6) is -0.313. The molecule has 0 spiro atoms. The van der Waals surface area contributed by atoms with Gasteiger partial charge in [-0.15, -0.1) is 0 Å². The summed E-state index contributed by atoms with van der Waals surface area (Å²) in [6.07, 6.45) is 1.02. The number of ether oxygens (including phenoxy) is 1. The lowest BCUT2D eigenvalue weighted by atomic mass is 9.82. The second kappa shape index (κ2) is 6.20. The highest BCUT2D eigenvalue weighted by molar-refractivity contribution is 5.88. The monoisotopic (exact) mass is 241 g/mol. The standard InChI is InChI=1S/C14H27NO2/c1-8-17-12(16)11(2)9-15-14(6,7)10-13(3,4)5/h15H,2,8-10H2,1,3-7H3. The fourth-order valence-corrected chi connectivity index (χ4v) is 2.04. The molecule has 0 fully saturated rings. The first-order chi connectivity index (χ1) is 7.57. The highest BCUT2D eigenvalue weighted by atomic mass is 16.5. The van der Waals surface area contributed by atoms with Gasteiger partial charge in [-0.05, 0) is 32.6 Å². The van der Waals surface area contributed by atoms with Crippen molar-refractivity contribution in [3.05, 3.63) is 12.2 Å². The molecule has 0 heterocycles. The number of nitrogens with one attached hydrogen (secondary N) is 1. The van der Waals surface area contributed by atoms with Crippen LogP contribution in [-0.2, 0) is 9.53 Å². The topological polar surface area (TPSA) is 38.3 Å². The Hall–Kier alpha value is -0.830. The second-order valence-corrected chi connectivity index (χ2v) is 6.30. The Morgan fingerprint density at radius 3 is 2.18 bits per heavy atom. The Morgan fingerprint density at radius 1 is 1.24 bits per heavy atom. The van der Waals surface area contributed by atoms with Crippen molar-refractivity contribution < 1.29 is 9.53 Å². The van der Waals surface area contributed by atoms with Crippen molar-refractivity contribution >= 4 is 5.97 Å². The van der Waals surface area contributed by atoms with Crippen LogP contribution in [0.4, 0.5) is 0 Å². The van der Waals surface area contributed by atoms with Gasteiger partial charge in [-0.1, -0.05) is 27.4 Å². The summed E-state index contributed by atoms with van der Waals surface area (Å²) in [6.45, 7) is 17.3. The zero-order chi connectivity index (χ0) is 13.7. The van der Waals surface area contributed by atoms with Crippen LogP contribution in [0.15, 0.2) is 12.2 Å². The van der Waals surface area contributed by atoms with E-state index >= 15 is 0 Å². The molecule has 1 N–H and O–H groups in total. The third kappa shape index (κ3) is 7.97. The van der Waals surface area contributed by atoms with Gasteiger partial charge in [0.1, 0.15) is 0 Å². The van der Waals surface area contributed by atoms with Gasteiger partial charge in [0.2, 0.25) is 0 Å². The number of carbonyl (C=O) groups is 1. The molecule has 0 aliphatic carbocycles. The second-order valence-electron chi connectivity index (χ2n) is 6.30. The van der Waals surface area contributed by atoms with Gasteiger partial charge in [-0.3, -0.25) is 0 Å². The van der Waals surface area contributed by atoms with E-state index in [-0.39, 0.29) is 16.9 Å². The molecular weight excluding hydrogens is 214 g/mol. The highest BCUT2D eigenvalue weighted by Crippen LogP contribution is 2.26. The van der Waals surface area contributed by atoms with E-state index in [0.29, 0.717) is 18.7 Å². The first kappa shape index (κ1) is 16.2. The van der Waals surface area contributed by atoms with Crippen LogP contribution >= 0.6 is 0 Å². The summed E-state index contributed by atoms with van der Waals surface area (Å²) < 4.78 is 4.89. The minimum Gasteiger partial charge on any atom is -0.463 e. The van der Waals surface area contributed by atoms with E-state index in [4.69, 9.17) is 4.74 Å². The predicted molar refractivity (Wildman–Crippen MR) is 71.9 cm³/mol. The number of hydrogen-bond acceptors (Lipinski definition) is 3. The molecule has 3 heteroatoms. The molecule has 0 atom stereocenters. The Bertz CT molecular complexity index is 274. The van der Waals surface area contributed by atoms with Crippen LogP contribution in [0.25, 0.3) is 0 Å². The summed E-state index contributed by atoms with van der Waals surface area (Å²) in [7, 11) is 0. The summed E-state index contributed by atoms with van der Waals surface area (Å²) in [5.41, 5.74) is 0.712. The largest absolute Gasteiger partial charge is 0.463 e. The Labute approximate surface area is 106 Å². The van der Waals surface area contributed by atoms with E-state index in [9.17, 15) is 4.79 Å². The van der Waals surface area contributed by atoms with E-state index in [1.807, 2.05) is 0 Å². The maximum absolute atomic E-state index is 11.4. The van der Waals surface area contributed by atoms with Crippen LogP contribution in [0.3, 0.4) is 0 Å². The molecule has 0 aromatic heterocycles. The molecule has 0 amide bonds. The van der Waals surface area contributed by atoms with Crippen molar-refractivity contribution in [3.63, 3.8) is 0 Å². The van der Waals surface area contributed by atoms with Gasteiger partial charge in [0, 0.05) is 17.7 Å². The average molecular weight is 241 g/mol. The van der Waals surface area contributed by atoms with Gasteiger partial charge < -0.3 is 10.1 Å². The lowest BCUT2D eigenvalue weighted by Crippen LogP contribution is -2.43. The average Bonchev–Trinajstić information content (AvgIpc) is 2.10. The summed E-state index contributed by atoms with van der Waals surface area (Å²) in [5, 5.41) is 3.35. The predicted octanol–water partition coefficient (Wildman–Crippen LogP) is 2.91. The van der Waals surface area contributed by atoms with Gasteiger partial charge in [-0.25, -0.2) is 4.79 Å². The highest BCUT2D eigenvalue weighted by Gasteiger charge is 2.25. The lowest BCUT2D eigenvalue weighted by molar-refractivity contribution is -0.138. The van der Waals surface area contributed by atoms with Gasteiger partial charge >= 0.3 is 5.97 Å². The SMILES string of the molecule is C=C(CNC(C)(C)CC(C)(C)C)C(=O)OCC. The van der Waals surface area contributed by atoms with Crippen LogP contribution < -0.4 is 5.32 Å². The van der Waals surface area contributed by atoms with Crippen molar-refractivity contribution in [1.29, 1.82) is 0 Å². The van der Waals surface area contributed by atoms with Gasteiger partial charge in [-0.2, -0.15) is 0 Å². The molecule has 0 aromatic carbocycles. The maximum atomic E-state index is 11.4. The van der Waals surface area contributed by atoms with E-state index in [1.54, 1.807) is 6.92 Å². The molecule has 0 unspecified atom stereocenters. The summed E-state index contributed by atoms with van der Waals surface area (Å²) in [4.78, 5) is 11.4. The number of hydrogen-bond donors (Lipinski definition) is 1. The molecule has 0 saturated carbocycles. The van der Waals surface area contributed by atoms with Crippen molar-refractivity contribution in [2.45, 2.75) is 53.5 Å². The van der Waals surface area contributed by atoms with E-state index < -0.39 is 0 Å². The molecule has 0 aliphatic rings. The fraction of sp³-hybridized carbons (Fsp3) is 0.786. The van der Waals surface area contributed by atoms with Crippen molar-refractivity contribution in [1.82, 2.24) is 5.32 Å². The van der Waals surface area contributed by atoms with Gasteiger partial charge in [0.05, 0.1) is 6.61 Å². The van der Waals surface area contributed by atoms with Crippen LogP contribution in [-0.4, -0.2) is 24.7 Å². The molecule has 0 rings (SSSR count). The van der Waals surface area contributed by atoms with E-state index in [2.05, 4.69) is 46.5 Å². The van der Waals surface area contributed by atoms with Gasteiger partial charge in [0.25, 0.3) is 0 Å². The summed E-state index contributed by atoms with van der Waals surface area (Å²) in [6, 6.07) is 0. The minimum atomic E-state index is -0.313. The van der Waals surface area contributed by atoms with Crippen LogP contribution in [0.2, 0.25) is 0 Å². The first-order valence-electron chi connectivity index (χ1n) is 6.17. The molecule has 0 aromatic rings. The van der Waals surface area contributed by atoms with Crippen LogP contribution in [0, 0.1) is 5.41 Å². The van der Waals surface area contributed by atoms with Crippen LogP contribution in [0.1, 0.15) is 48.0 Å². The van der Waals surface area contributed by atoms with Crippen molar-refractivity contribution in [3.8, 4) is 0 Å². The molecule has 0 saturated heterocycles. The minimum absolute atomic E-state index is 0.0202. The third-order valence-corrected chi connectivity index (χ3v) is 2.32. The van der Waals surface area contributed by atoms with Crippen molar-refractivity contribution in [2.24, 2.45) is 5.41 Å².